The van der Waals surface area contributed by atoms with Crippen LogP contribution < -0.4 is 9.47 Å². The lowest BCUT2D eigenvalue weighted by Gasteiger charge is -2.25. The molecule has 4 aromatic rings. The molecule has 1 amide bonds. The summed E-state index contributed by atoms with van der Waals surface area (Å²) in [6.07, 6.45) is 1.51. The number of aliphatic hydroxyl groups excluding tert-OH is 1. The number of aryl methyl sites for hydroxylation is 2. The summed E-state index contributed by atoms with van der Waals surface area (Å²) in [4.78, 5) is 28.2. The Labute approximate surface area is 226 Å². The highest BCUT2D eigenvalue weighted by molar-refractivity contribution is 6.46. The third kappa shape index (κ3) is 5.16. The predicted octanol–water partition coefficient (Wildman–Crippen LogP) is 6.11. The zero-order valence-corrected chi connectivity index (χ0v) is 22.0. The molecule has 3 aromatic carbocycles. The lowest BCUT2D eigenvalue weighted by atomic mass is 9.93. The van der Waals surface area contributed by atoms with E-state index >= 15 is 0 Å². The molecule has 1 aromatic heterocycles. The van der Waals surface area contributed by atoms with Gasteiger partial charge in [0.25, 0.3) is 11.7 Å². The number of rotatable bonds is 8. The Kier molecular flexibility index (Phi) is 7.23. The summed E-state index contributed by atoms with van der Waals surface area (Å²) in [5.74, 6) is -0.164. The third-order valence-electron chi connectivity index (χ3n) is 6.77. The van der Waals surface area contributed by atoms with E-state index in [1.165, 1.54) is 18.3 Å². The summed E-state index contributed by atoms with van der Waals surface area (Å²) in [7, 11) is 1.51. The lowest BCUT2D eigenvalue weighted by molar-refractivity contribution is -0.140. The maximum absolute atomic E-state index is 13.4. The molecular weight excluding hydrogens is 494 g/mol. The predicted molar refractivity (Wildman–Crippen MR) is 146 cm³/mol. The Morgan fingerprint density at radius 1 is 0.974 bits per heavy atom. The molecule has 5 rings (SSSR count). The first-order valence-electron chi connectivity index (χ1n) is 12.6. The van der Waals surface area contributed by atoms with E-state index in [1.54, 1.807) is 42.5 Å². The number of nitrogens with zero attached hydrogens (tertiary/aromatic N) is 1. The van der Waals surface area contributed by atoms with Crippen LogP contribution in [0.2, 0.25) is 0 Å². The van der Waals surface area contributed by atoms with Crippen LogP contribution in [-0.4, -0.2) is 28.8 Å². The average molecular weight is 524 g/mol. The van der Waals surface area contributed by atoms with Crippen LogP contribution in [0.5, 0.6) is 11.5 Å². The molecule has 7 heteroatoms. The van der Waals surface area contributed by atoms with Gasteiger partial charge in [0.2, 0.25) is 0 Å². The Bertz CT molecular complexity index is 1520. The highest BCUT2D eigenvalue weighted by atomic mass is 16.5. The molecule has 0 saturated carbocycles. The van der Waals surface area contributed by atoms with E-state index in [2.05, 4.69) is 0 Å². The fraction of sp³-hybridized carbons (Fsp3) is 0.188. The number of ketones is 1. The van der Waals surface area contributed by atoms with Crippen LogP contribution in [0.4, 0.5) is 0 Å². The maximum Gasteiger partial charge on any atom is 0.296 e. The minimum absolute atomic E-state index is 0.00666. The van der Waals surface area contributed by atoms with Crippen molar-refractivity contribution in [2.45, 2.75) is 33.0 Å². The van der Waals surface area contributed by atoms with Crippen molar-refractivity contribution in [3.8, 4) is 11.5 Å². The van der Waals surface area contributed by atoms with Gasteiger partial charge in [0.05, 0.1) is 37.1 Å². The molecule has 1 N–H and O–H groups in total. The number of methoxy groups -OCH3 is 1. The standard InChI is InChI=1S/C32H29NO6/c1-20-16-21(2)31(37-3)26(17-20)29(34)27-28(33(32(36)30(27)35)18-25-10-7-15-38-25)23-11-13-24(14-12-23)39-19-22-8-5-4-6-9-22/h4-17,28,34H,18-19H2,1-3H3/b29-27+. The Hall–Kier alpha value is -4.78. The molecule has 2 heterocycles. The van der Waals surface area contributed by atoms with Crippen molar-refractivity contribution in [1.29, 1.82) is 0 Å². The van der Waals surface area contributed by atoms with Gasteiger partial charge in [-0.25, -0.2) is 0 Å². The number of aliphatic hydroxyl groups is 1. The van der Waals surface area contributed by atoms with Crippen LogP contribution in [0.3, 0.4) is 0 Å². The van der Waals surface area contributed by atoms with Crippen molar-refractivity contribution in [3.05, 3.63) is 124 Å². The largest absolute Gasteiger partial charge is 0.507 e. The monoisotopic (exact) mass is 523 g/mol. The fourth-order valence-corrected chi connectivity index (χ4v) is 4.99. The molecule has 1 unspecified atom stereocenters. The van der Waals surface area contributed by atoms with Crippen molar-refractivity contribution >= 4 is 17.4 Å². The van der Waals surface area contributed by atoms with Crippen molar-refractivity contribution in [3.63, 3.8) is 0 Å². The summed E-state index contributed by atoms with van der Waals surface area (Å²) < 4.78 is 17.0. The van der Waals surface area contributed by atoms with E-state index in [-0.39, 0.29) is 17.9 Å². The van der Waals surface area contributed by atoms with E-state index in [0.29, 0.717) is 35.0 Å². The van der Waals surface area contributed by atoms with E-state index in [9.17, 15) is 14.7 Å². The van der Waals surface area contributed by atoms with Gasteiger partial charge < -0.3 is 23.9 Å². The van der Waals surface area contributed by atoms with Crippen molar-refractivity contribution < 1.29 is 28.6 Å². The number of ether oxygens (including phenoxy) is 2. The highest BCUT2D eigenvalue weighted by Gasteiger charge is 2.46. The first-order chi connectivity index (χ1) is 18.9. The Morgan fingerprint density at radius 2 is 1.72 bits per heavy atom. The minimum Gasteiger partial charge on any atom is -0.507 e. The molecule has 1 atom stereocenters. The first kappa shape index (κ1) is 25.9. The number of hydrogen-bond acceptors (Lipinski definition) is 6. The summed E-state index contributed by atoms with van der Waals surface area (Å²) in [5.41, 5.74) is 3.73. The fourth-order valence-electron chi connectivity index (χ4n) is 4.99. The molecule has 0 spiro atoms. The van der Waals surface area contributed by atoms with Crippen LogP contribution in [0.15, 0.2) is 95.1 Å². The van der Waals surface area contributed by atoms with E-state index in [1.807, 2.05) is 50.2 Å². The number of furan rings is 1. The van der Waals surface area contributed by atoms with E-state index in [4.69, 9.17) is 13.9 Å². The Morgan fingerprint density at radius 3 is 2.38 bits per heavy atom. The molecule has 7 nitrogen and oxygen atoms in total. The number of Topliss-reactive ketones (excluding diaryl/α,β-unsaturated/α-hetero) is 1. The topological polar surface area (TPSA) is 89.2 Å². The van der Waals surface area contributed by atoms with Crippen LogP contribution in [0.25, 0.3) is 5.76 Å². The second kappa shape index (κ2) is 10.9. The van der Waals surface area contributed by atoms with Gasteiger partial charge >= 0.3 is 0 Å². The van der Waals surface area contributed by atoms with Gasteiger partial charge in [0, 0.05) is 0 Å². The molecule has 198 valence electrons. The van der Waals surface area contributed by atoms with Gasteiger partial charge in [-0.1, -0.05) is 48.5 Å². The number of benzene rings is 3. The molecule has 1 aliphatic heterocycles. The summed E-state index contributed by atoms with van der Waals surface area (Å²) >= 11 is 0. The SMILES string of the molecule is COc1c(C)cc(C)cc1/C(O)=C1\C(=O)C(=O)N(Cc2ccco2)C1c1ccc(OCc2ccccc2)cc1. The van der Waals surface area contributed by atoms with Crippen molar-refractivity contribution in [2.24, 2.45) is 0 Å². The molecular formula is C32H29NO6. The van der Waals surface area contributed by atoms with Gasteiger partial charge in [-0.2, -0.15) is 0 Å². The normalized spacial score (nSPS) is 16.5. The Balaban J connectivity index is 1.56. The summed E-state index contributed by atoms with van der Waals surface area (Å²) in [6.45, 7) is 4.23. The van der Waals surface area contributed by atoms with Crippen LogP contribution >= 0.6 is 0 Å². The quantitative estimate of drug-likeness (QED) is 0.170. The first-order valence-corrected chi connectivity index (χ1v) is 12.6. The number of hydrogen-bond donors (Lipinski definition) is 1. The zero-order valence-electron chi connectivity index (χ0n) is 22.0. The van der Waals surface area contributed by atoms with Gasteiger partial charge in [-0.05, 0) is 66.4 Å². The number of carbonyl (C=O) groups excluding carboxylic acids is 2. The summed E-state index contributed by atoms with van der Waals surface area (Å²) in [6, 6.07) is 23.3. The van der Waals surface area contributed by atoms with Crippen LogP contribution in [0.1, 0.15) is 39.6 Å². The lowest BCUT2D eigenvalue weighted by Crippen LogP contribution is -2.29. The maximum atomic E-state index is 13.4. The van der Waals surface area contributed by atoms with Gasteiger partial charge in [-0.3, -0.25) is 9.59 Å². The zero-order chi connectivity index (χ0) is 27.5. The molecule has 0 aliphatic carbocycles. The molecule has 1 saturated heterocycles. The molecule has 1 fully saturated rings. The van der Waals surface area contributed by atoms with E-state index < -0.39 is 17.7 Å². The number of likely N-dealkylation sites (tertiary alicyclic amines) is 1. The number of amides is 1. The van der Waals surface area contributed by atoms with E-state index in [0.717, 1.165) is 16.7 Å². The molecule has 0 radical (unpaired) electrons. The van der Waals surface area contributed by atoms with Crippen LogP contribution in [0, 0.1) is 13.8 Å². The molecule has 1 aliphatic rings. The van der Waals surface area contributed by atoms with Crippen LogP contribution in [-0.2, 0) is 22.7 Å². The average Bonchev–Trinajstić information content (AvgIpc) is 3.54. The molecule has 0 bridgehead atoms. The van der Waals surface area contributed by atoms with Gasteiger partial charge in [0.1, 0.15) is 29.6 Å². The van der Waals surface area contributed by atoms with Gasteiger partial charge in [-0.15, -0.1) is 0 Å². The third-order valence-corrected chi connectivity index (χ3v) is 6.77. The van der Waals surface area contributed by atoms with Crippen molar-refractivity contribution in [2.75, 3.05) is 7.11 Å². The minimum atomic E-state index is -0.844. The number of carbonyl (C=O) groups is 2. The summed E-state index contributed by atoms with van der Waals surface area (Å²) in [5, 5.41) is 11.6. The smallest absolute Gasteiger partial charge is 0.296 e. The molecule has 39 heavy (non-hydrogen) atoms. The second-order valence-corrected chi connectivity index (χ2v) is 9.51. The van der Waals surface area contributed by atoms with Gasteiger partial charge in [0.15, 0.2) is 0 Å². The van der Waals surface area contributed by atoms with Crippen molar-refractivity contribution in [1.82, 2.24) is 4.90 Å². The highest BCUT2D eigenvalue weighted by Crippen LogP contribution is 2.42. The second-order valence-electron chi connectivity index (χ2n) is 9.51.